The predicted molar refractivity (Wildman–Crippen MR) is 60.1 cm³/mol. The first kappa shape index (κ1) is 13.4. The summed E-state index contributed by atoms with van der Waals surface area (Å²) in [5, 5.41) is 12.2. The van der Waals surface area contributed by atoms with Gasteiger partial charge in [0.1, 0.15) is 5.54 Å². The zero-order valence-electron chi connectivity index (χ0n) is 9.93. The number of hydrogen-bond donors (Lipinski definition) is 1. The van der Waals surface area contributed by atoms with E-state index >= 15 is 0 Å². The average molecular weight is 197 g/mol. The fourth-order valence-corrected chi connectivity index (χ4v) is 1.48. The van der Waals surface area contributed by atoms with Crippen LogP contribution in [0.5, 0.6) is 0 Å². The van der Waals surface area contributed by atoms with E-state index in [2.05, 4.69) is 30.4 Å². The van der Waals surface area contributed by atoms with Crippen LogP contribution >= 0.6 is 0 Å². The Kier molecular flexibility index (Phi) is 6.52. The van der Waals surface area contributed by atoms with Crippen LogP contribution in [0.2, 0.25) is 0 Å². The molecule has 1 N–H and O–H groups in total. The summed E-state index contributed by atoms with van der Waals surface area (Å²) in [6.45, 7) is 5.98. The van der Waals surface area contributed by atoms with Crippen molar-refractivity contribution >= 4 is 0 Å². The van der Waals surface area contributed by atoms with E-state index in [0.29, 0.717) is 0 Å². The monoisotopic (exact) mass is 197 g/mol. The van der Waals surface area contributed by atoms with Gasteiger partial charge in [-0.2, -0.15) is 5.26 Å². The molecule has 0 bridgehead atoms. The Hall–Kier alpha value is -0.590. The molecule has 0 spiro atoms. The van der Waals surface area contributed by atoms with Gasteiger partial charge in [-0.25, -0.2) is 0 Å². The third-order valence-electron chi connectivity index (χ3n) is 2.35. The van der Waals surface area contributed by atoms with Crippen molar-refractivity contribution < 1.29 is 0 Å². The molecule has 0 aromatic carbocycles. The van der Waals surface area contributed by atoms with Crippen molar-refractivity contribution in [2.45, 2.75) is 38.6 Å². The summed E-state index contributed by atoms with van der Waals surface area (Å²) in [6.07, 6.45) is 3.20. The third kappa shape index (κ3) is 5.95. The van der Waals surface area contributed by atoms with Crippen LogP contribution in [-0.2, 0) is 0 Å². The number of unbranched alkanes of at least 4 members (excludes halogenated alkanes) is 1. The van der Waals surface area contributed by atoms with Crippen molar-refractivity contribution in [3.8, 4) is 6.07 Å². The zero-order chi connectivity index (χ0) is 11.0. The normalized spacial score (nSPS) is 15.1. The molecule has 1 unspecified atom stereocenters. The molecule has 0 fully saturated rings. The first-order valence-electron chi connectivity index (χ1n) is 5.35. The van der Waals surface area contributed by atoms with Crippen LogP contribution in [0, 0.1) is 11.3 Å². The third-order valence-corrected chi connectivity index (χ3v) is 2.35. The minimum atomic E-state index is -0.332. The van der Waals surface area contributed by atoms with Crippen LogP contribution in [0.1, 0.15) is 33.1 Å². The molecular weight excluding hydrogens is 174 g/mol. The van der Waals surface area contributed by atoms with Gasteiger partial charge in [-0.15, -0.1) is 0 Å². The minimum absolute atomic E-state index is 0.332. The van der Waals surface area contributed by atoms with Crippen LogP contribution in [0.15, 0.2) is 0 Å². The lowest BCUT2D eigenvalue weighted by molar-refractivity contribution is 0.362. The fourth-order valence-electron chi connectivity index (χ4n) is 1.48. The van der Waals surface area contributed by atoms with Crippen molar-refractivity contribution in [1.82, 2.24) is 10.2 Å². The molecule has 0 heterocycles. The van der Waals surface area contributed by atoms with Crippen LogP contribution in [-0.4, -0.2) is 37.6 Å². The quantitative estimate of drug-likeness (QED) is 0.630. The van der Waals surface area contributed by atoms with Gasteiger partial charge in [0.15, 0.2) is 0 Å². The highest BCUT2D eigenvalue weighted by atomic mass is 15.0. The average Bonchev–Trinajstić information content (AvgIpc) is 2.13. The molecule has 0 aliphatic rings. The Labute approximate surface area is 88.1 Å². The number of nitrogens with zero attached hydrogens (tertiary/aromatic N) is 2. The standard InChI is InChI=1S/C11H23N3/c1-5-13-11(2,10-12)8-6-7-9-14(3)4/h13H,5-9H2,1-4H3. The van der Waals surface area contributed by atoms with Gasteiger partial charge in [-0.1, -0.05) is 6.92 Å². The van der Waals surface area contributed by atoms with Crippen LogP contribution in [0.25, 0.3) is 0 Å². The molecule has 0 radical (unpaired) electrons. The maximum absolute atomic E-state index is 9.00. The Morgan fingerprint density at radius 3 is 2.43 bits per heavy atom. The topological polar surface area (TPSA) is 39.1 Å². The predicted octanol–water partition coefficient (Wildman–Crippen LogP) is 1.61. The highest BCUT2D eigenvalue weighted by Crippen LogP contribution is 2.12. The van der Waals surface area contributed by atoms with E-state index in [9.17, 15) is 0 Å². The second-order valence-electron chi connectivity index (χ2n) is 4.23. The van der Waals surface area contributed by atoms with Crippen molar-refractivity contribution in [2.24, 2.45) is 0 Å². The number of rotatable bonds is 7. The molecule has 82 valence electrons. The summed E-state index contributed by atoms with van der Waals surface area (Å²) in [5.41, 5.74) is -0.332. The molecule has 0 amide bonds. The van der Waals surface area contributed by atoms with Gasteiger partial charge in [0.25, 0.3) is 0 Å². The SMILES string of the molecule is CCNC(C)(C#N)CCCCN(C)C. The lowest BCUT2D eigenvalue weighted by Gasteiger charge is -2.22. The molecule has 1 atom stereocenters. The lowest BCUT2D eigenvalue weighted by Crippen LogP contribution is -2.40. The van der Waals surface area contributed by atoms with Crippen LogP contribution < -0.4 is 5.32 Å². The van der Waals surface area contributed by atoms with Crippen molar-refractivity contribution in [3.63, 3.8) is 0 Å². The number of hydrogen-bond acceptors (Lipinski definition) is 3. The lowest BCUT2D eigenvalue weighted by atomic mass is 9.96. The van der Waals surface area contributed by atoms with E-state index in [-0.39, 0.29) is 5.54 Å². The summed E-state index contributed by atoms with van der Waals surface area (Å²) in [4.78, 5) is 2.18. The smallest absolute Gasteiger partial charge is 0.103 e. The molecule has 0 saturated heterocycles. The second kappa shape index (κ2) is 6.80. The fraction of sp³-hybridized carbons (Fsp3) is 0.909. The first-order valence-corrected chi connectivity index (χ1v) is 5.35. The van der Waals surface area contributed by atoms with Crippen LogP contribution in [0.3, 0.4) is 0 Å². The second-order valence-corrected chi connectivity index (χ2v) is 4.23. The minimum Gasteiger partial charge on any atom is -0.309 e. The Morgan fingerprint density at radius 2 is 2.00 bits per heavy atom. The van der Waals surface area contributed by atoms with Crippen molar-refractivity contribution in [1.29, 1.82) is 5.26 Å². The summed E-state index contributed by atoms with van der Waals surface area (Å²) < 4.78 is 0. The molecule has 14 heavy (non-hydrogen) atoms. The summed E-state index contributed by atoms with van der Waals surface area (Å²) in [7, 11) is 4.15. The molecule has 0 aliphatic carbocycles. The first-order chi connectivity index (χ1) is 6.54. The number of nitriles is 1. The van der Waals surface area contributed by atoms with E-state index in [1.54, 1.807) is 0 Å². The maximum Gasteiger partial charge on any atom is 0.103 e. The largest absolute Gasteiger partial charge is 0.309 e. The van der Waals surface area contributed by atoms with E-state index in [4.69, 9.17) is 5.26 Å². The molecule has 0 aliphatic heterocycles. The number of nitrogens with one attached hydrogen (secondary N) is 1. The van der Waals surface area contributed by atoms with Gasteiger partial charge in [0, 0.05) is 0 Å². The Bertz CT molecular complexity index is 183. The van der Waals surface area contributed by atoms with E-state index in [1.165, 1.54) is 0 Å². The molecule has 0 aromatic heterocycles. The maximum atomic E-state index is 9.00. The van der Waals surface area contributed by atoms with Gasteiger partial charge in [0.05, 0.1) is 6.07 Å². The van der Waals surface area contributed by atoms with E-state index in [0.717, 1.165) is 32.4 Å². The van der Waals surface area contributed by atoms with E-state index < -0.39 is 0 Å². The molecular formula is C11H23N3. The molecule has 3 heteroatoms. The summed E-state index contributed by atoms with van der Waals surface area (Å²) >= 11 is 0. The van der Waals surface area contributed by atoms with Gasteiger partial charge in [0.2, 0.25) is 0 Å². The van der Waals surface area contributed by atoms with Crippen molar-refractivity contribution in [2.75, 3.05) is 27.2 Å². The van der Waals surface area contributed by atoms with Crippen molar-refractivity contribution in [3.05, 3.63) is 0 Å². The molecule has 3 nitrogen and oxygen atoms in total. The highest BCUT2D eigenvalue weighted by molar-refractivity contribution is 5.03. The summed E-state index contributed by atoms with van der Waals surface area (Å²) in [6, 6.07) is 2.34. The summed E-state index contributed by atoms with van der Waals surface area (Å²) in [5.74, 6) is 0. The van der Waals surface area contributed by atoms with Gasteiger partial charge >= 0.3 is 0 Å². The van der Waals surface area contributed by atoms with Gasteiger partial charge < -0.3 is 4.90 Å². The zero-order valence-corrected chi connectivity index (χ0v) is 9.93. The highest BCUT2D eigenvalue weighted by Gasteiger charge is 2.20. The van der Waals surface area contributed by atoms with Gasteiger partial charge in [-0.3, -0.25) is 5.32 Å². The molecule has 0 rings (SSSR count). The van der Waals surface area contributed by atoms with E-state index in [1.807, 2.05) is 13.8 Å². The Balaban J connectivity index is 3.69. The molecule has 0 saturated carbocycles. The molecule has 0 aromatic rings. The van der Waals surface area contributed by atoms with Gasteiger partial charge in [-0.05, 0) is 53.4 Å². The Morgan fingerprint density at radius 1 is 1.36 bits per heavy atom. The van der Waals surface area contributed by atoms with Crippen LogP contribution in [0.4, 0.5) is 0 Å².